The van der Waals surface area contributed by atoms with E-state index >= 15 is 0 Å². The van der Waals surface area contributed by atoms with Crippen molar-refractivity contribution in [2.75, 3.05) is 0 Å². The van der Waals surface area contributed by atoms with Gasteiger partial charge in [0.05, 0.1) is 0 Å². The Kier molecular flexibility index (Phi) is 4.52. The fourth-order valence-corrected chi connectivity index (χ4v) is 2.25. The molecule has 0 aliphatic heterocycles. The lowest BCUT2D eigenvalue weighted by Crippen LogP contribution is -2.41. The summed E-state index contributed by atoms with van der Waals surface area (Å²) in [4.78, 5) is 27.6. The standard InChI is InChI=1S/C16H18N2O3/c1-10(2)8-14(16(20)21)18-15(19)13-5-3-4-11-9-17-7-6-12(11)13/h3-7,9-10,14H,8H2,1-2H3,(H,18,19)(H,20,21)/t14-/m0/s1. The van der Waals surface area contributed by atoms with E-state index < -0.39 is 12.0 Å². The first-order chi connectivity index (χ1) is 9.99. The summed E-state index contributed by atoms with van der Waals surface area (Å²) in [5, 5.41) is 13.4. The molecule has 0 aliphatic rings. The number of pyridine rings is 1. The first-order valence-electron chi connectivity index (χ1n) is 6.85. The zero-order chi connectivity index (χ0) is 15.4. The van der Waals surface area contributed by atoms with Gasteiger partial charge in [0.15, 0.2) is 0 Å². The molecule has 1 aromatic carbocycles. The van der Waals surface area contributed by atoms with E-state index in [2.05, 4.69) is 10.3 Å². The van der Waals surface area contributed by atoms with E-state index in [1.807, 2.05) is 19.9 Å². The maximum absolute atomic E-state index is 12.4. The van der Waals surface area contributed by atoms with Crippen LogP contribution < -0.4 is 5.32 Å². The fraction of sp³-hybridized carbons (Fsp3) is 0.312. The predicted molar refractivity (Wildman–Crippen MR) is 80.1 cm³/mol. The van der Waals surface area contributed by atoms with Crippen LogP contribution in [0.3, 0.4) is 0 Å². The number of nitrogens with zero attached hydrogens (tertiary/aromatic N) is 1. The molecule has 0 spiro atoms. The van der Waals surface area contributed by atoms with Gasteiger partial charge in [-0.3, -0.25) is 9.78 Å². The normalized spacial score (nSPS) is 12.3. The van der Waals surface area contributed by atoms with Crippen molar-refractivity contribution in [2.45, 2.75) is 26.3 Å². The van der Waals surface area contributed by atoms with Crippen molar-refractivity contribution in [2.24, 2.45) is 5.92 Å². The molecule has 0 radical (unpaired) electrons. The third-order valence-electron chi connectivity index (χ3n) is 3.24. The van der Waals surface area contributed by atoms with E-state index in [1.54, 1.807) is 30.6 Å². The summed E-state index contributed by atoms with van der Waals surface area (Å²) in [7, 11) is 0. The number of aromatic nitrogens is 1. The second-order valence-corrected chi connectivity index (χ2v) is 5.40. The van der Waals surface area contributed by atoms with Crippen LogP contribution in [-0.4, -0.2) is 28.0 Å². The molecule has 1 atom stereocenters. The minimum Gasteiger partial charge on any atom is -0.480 e. The van der Waals surface area contributed by atoms with Gasteiger partial charge in [0.1, 0.15) is 6.04 Å². The molecule has 0 saturated carbocycles. The molecule has 2 aromatic rings. The Balaban J connectivity index is 2.27. The second kappa shape index (κ2) is 6.35. The van der Waals surface area contributed by atoms with Crippen LogP contribution in [0.25, 0.3) is 10.8 Å². The van der Waals surface area contributed by atoms with E-state index in [1.165, 1.54) is 0 Å². The van der Waals surface area contributed by atoms with E-state index in [9.17, 15) is 14.7 Å². The zero-order valence-electron chi connectivity index (χ0n) is 12.0. The minimum atomic E-state index is -1.01. The van der Waals surface area contributed by atoms with Crippen LogP contribution in [0.15, 0.2) is 36.7 Å². The number of hydrogen-bond donors (Lipinski definition) is 2. The molecule has 110 valence electrons. The molecule has 1 amide bonds. The molecule has 2 N–H and O–H groups in total. The number of carboxylic acid groups (broad SMARTS) is 1. The van der Waals surface area contributed by atoms with Gasteiger partial charge in [0.2, 0.25) is 0 Å². The van der Waals surface area contributed by atoms with Gasteiger partial charge >= 0.3 is 5.97 Å². The number of fused-ring (bicyclic) bond motifs is 1. The van der Waals surface area contributed by atoms with E-state index in [-0.39, 0.29) is 11.8 Å². The zero-order valence-corrected chi connectivity index (χ0v) is 12.0. The van der Waals surface area contributed by atoms with E-state index in [0.717, 1.165) is 10.8 Å². The highest BCUT2D eigenvalue weighted by atomic mass is 16.4. The summed E-state index contributed by atoms with van der Waals surface area (Å²) in [6.07, 6.45) is 3.68. The Bertz CT molecular complexity index is 662. The molecule has 0 bridgehead atoms. The lowest BCUT2D eigenvalue weighted by molar-refractivity contribution is -0.139. The summed E-state index contributed by atoms with van der Waals surface area (Å²) in [5.74, 6) is -1.21. The SMILES string of the molecule is CC(C)C[C@H](NC(=O)c1cccc2cnccc12)C(=O)O. The van der Waals surface area contributed by atoms with E-state index in [0.29, 0.717) is 12.0 Å². The largest absolute Gasteiger partial charge is 0.480 e. The molecular formula is C16H18N2O3. The van der Waals surface area contributed by atoms with Gasteiger partial charge < -0.3 is 10.4 Å². The van der Waals surface area contributed by atoms with Crippen LogP contribution in [-0.2, 0) is 4.79 Å². The predicted octanol–water partition coefficient (Wildman–Crippen LogP) is 2.46. The van der Waals surface area contributed by atoms with Crippen LogP contribution in [0.4, 0.5) is 0 Å². The van der Waals surface area contributed by atoms with Gasteiger partial charge in [-0.2, -0.15) is 0 Å². The maximum Gasteiger partial charge on any atom is 0.326 e. The number of carbonyl (C=O) groups is 2. The van der Waals surface area contributed by atoms with Crippen molar-refractivity contribution in [1.82, 2.24) is 10.3 Å². The number of amides is 1. The van der Waals surface area contributed by atoms with Crippen molar-refractivity contribution in [3.63, 3.8) is 0 Å². The highest BCUT2D eigenvalue weighted by Gasteiger charge is 2.22. The van der Waals surface area contributed by atoms with Gasteiger partial charge in [-0.1, -0.05) is 26.0 Å². The number of carboxylic acids is 1. The van der Waals surface area contributed by atoms with Crippen molar-refractivity contribution in [1.29, 1.82) is 0 Å². The highest BCUT2D eigenvalue weighted by Crippen LogP contribution is 2.18. The molecule has 21 heavy (non-hydrogen) atoms. The molecule has 0 saturated heterocycles. The van der Waals surface area contributed by atoms with Crippen LogP contribution >= 0.6 is 0 Å². The number of carbonyl (C=O) groups excluding carboxylic acids is 1. The Morgan fingerprint density at radius 1 is 1.29 bits per heavy atom. The average molecular weight is 286 g/mol. The monoisotopic (exact) mass is 286 g/mol. The van der Waals surface area contributed by atoms with Gasteiger partial charge in [-0.05, 0) is 29.9 Å². The third kappa shape index (κ3) is 3.56. The summed E-state index contributed by atoms with van der Waals surface area (Å²) in [6, 6.07) is 6.18. The Morgan fingerprint density at radius 2 is 2.05 bits per heavy atom. The number of nitrogens with one attached hydrogen (secondary N) is 1. The topological polar surface area (TPSA) is 79.3 Å². The summed E-state index contributed by atoms with van der Waals surface area (Å²) in [5.41, 5.74) is 0.463. The van der Waals surface area contributed by atoms with Gasteiger partial charge in [-0.25, -0.2) is 4.79 Å². The van der Waals surface area contributed by atoms with Crippen molar-refractivity contribution in [3.05, 3.63) is 42.2 Å². The van der Waals surface area contributed by atoms with E-state index in [4.69, 9.17) is 0 Å². The van der Waals surface area contributed by atoms with Crippen molar-refractivity contribution in [3.8, 4) is 0 Å². The molecule has 0 fully saturated rings. The fourth-order valence-electron chi connectivity index (χ4n) is 2.25. The number of rotatable bonds is 5. The van der Waals surface area contributed by atoms with Crippen LogP contribution in [0.2, 0.25) is 0 Å². The number of benzene rings is 1. The van der Waals surface area contributed by atoms with Crippen molar-refractivity contribution < 1.29 is 14.7 Å². The Morgan fingerprint density at radius 3 is 2.71 bits per heavy atom. The second-order valence-electron chi connectivity index (χ2n) is 5.40. The molecular weight excluding hydrogens is 268 g/mol. The molecule has 5 nitrogen and oxygen atoms in total. The lowest BCUT2D eigenvalue weighted by Gasteiger charge is -2.17. The number of aliphatic carboxylic acids is 1. The number of hydrogen-bond acceptors (Lipinski definition) is 3. The molecule has 5 heteroatoms. The molecule has 1 heterocycles. The van der Waals surface area contributed by atoms with Crippen LogP contribution in [0.1, 0.15) is 30.6 Å². The van der Waals surface area contributed by atoms with Gasteiger partial charge in [0, 0.05) is 23.3 Å². The highest BCUT2D eigenvalue weighted by molar-refractivity contribution is 6.07. The average Bonchev–Trinajstić information content (AvgIpc) is 2.45. The van der Waals surface area contributed by atoms with Gasteiger partial charge in [-0.15, -0.1) is 0 Å². The Labute approximate surface area is 123 Å². The Hall–Kier alpha value is -2.43. The summed E-state index contributed by atoms with van der Waals surface area (Å²) >= 11 is 0. The first-order valence-corrected chi connectivity index (χ1v) is 6.85. The van der Waals surface area contributed by atoms with Gasteiger partial charge in [0.25, 0.3) is 5.91 Å². The quantitative estimate of drug-likeness (QED) is 0.885. The van der Waals surface area contributed by atoms with Crippen LogP contribution in [0, 0.1) is 5.92 Å². The molecule has 1 aromatic heterocycles. The lowest BCUT2D eigenvalue weighted by atomic mass is 10.0. The smallest absolute Gasteiger partial charge is 0.326 e. The minimum absolute atomic E-state index is 0.183. The first kappa shape index (κ1) is 15.0. The molecule has 2 rings (SSSR count). The van der Waals surface area contributed by atoms with Crippen molar-refractivity contribution >= 4 is 22.6 Å². The maximum atomic E-state index is 12.4. The summed E-state index contributed by atoms with van der Waals surface area (Å²) in [6.45, 7) is 3.84. The molecule has 0 aliphatic carbocycles. The summed E-state index contributed by atoms with van der Waals surface area (Å²) < 4.78 is 0. The van der Waals surface area contributed by atoms with Crippen LogP contribution in [0.5, 0.6) is 0 Å². The molecule has 0 unspecified atom stereocenters. The third-order valence-corrected chi connectivity index (χ3v) is 3.24.